The Morgan fingerprint density at radius 1 is 1.30 bits per heavy atom. The third-order valence-corrected chi connectivity index (χ3v) is 2.59. The van der Waals surface area contributed by atoms with Crippen molar-refractivity contribution in [1.82, 2.24) is 10.5 Å². The molecule has 20 heavy (non-hydrogen) atoms. The van der Waals surface area contributed by atoms with Gasteiger partial charge in [0.1, 0.15) is 5.76 Å². The van der Waals surface area contributed by atoms with Crippen molar-refractivity contribution in [3.8, 4) is 11.5 Å². The van der Waals surface area contributed by atoms with Crippen LogP contribution in [0.1, 0.15) is 11.3 Å². The molecule has 0 fully saturated rings. The molecule has 0 spiro atoms. The monoisotopic (exact) mass is 284 g/mol. The van der Waals surface area contributed by atoms with E-state index in [4.69, 9.17) is 9.26 Å². The third kappa shape index (κ3) is 3.67. The van der Waals surface area contributed by atoms with E-state index in [-0.39, 0.29) is 11.5 Å². The van der Waals surface area contributed by atoms with E-state index in [1.54, 1.807) is 24.3 Å². The maximum atomic E-state index is 12.4. The predicted octanol–water partition coefficient (Wildman–Crippen LogP) is 2.57. The Morgan fingerprint density at radius 3 is 2.80 bits per heavy atom. The summed E-state index contributed by atoms with van der Waals surface area (Å²) >= 11 is 0. The molecule has 1 aromatic heterocycles. The lowest BCUT2D eigenvalue weighted by Gasteiger charge is -2.14. The highest BCUT2D eigenvalue weighted by Gasteiger charge is 2.15. The van der Waals surface area contributed by atoms with E-state index < -0.39 is 6.61 Å². The van der Waals surface area contributed by atoms with Gasteiger partial charge in [-0.1, -0.05) is 17.3 Å². The molecule has 0 aliphatic heterocycles. The van der Waals surface area contributed by atoms with Crippen molar-refractivity contribution in [2.45, 2.75) is 19.7 Å². The zero-order valence-corrected chi connectivity index (χ0v) is 10.8. The Bertz CT molecular complexity index is 532. The number of ether oxygens (including phenoxy) is 2. The molecule has 1 heterocycles. The standard InChI is InChI=1S/C13H14F2N2O3/c1-18-11-4-2-3-9(12(11)19-13(14)15)7-16-8-10-5-6-17-20-10/h2-6,13,16H,7-8H2,1H3. The van der Waals surface area contributed by atoms with Gasteiger partial charge in [0.15, 0.2) is 11.5 Å². The second-order valence-electron chi connectivity index (χ2n) is 3.91. The Kier molecular flexibility index (Phi) is 4.89. The molecule has 1 aromatic carbocycles. The fourth-order valence-electron chi connectivity index (χ4n) is 1.74. The average molecular weight is 284 g/mol. The van der Waals surface area contributed by atoms with Crippen LogP contribution in [0, 0.1) is 0 Å². The number of nitrogens with zero attached hydrogens (tertiary/aromatic N) is 1. The van der Waals surface area contributed by atoms with Gasteiger partial charge in [0, 0.05) is 18.2 Å². The molecule has 0 unspecified atom stereocenters. The van der Waals surface area contributed by atoms with Crippen LogP contribution in [0.15, 0.2) is 35.0 Å². The molecule has 0 bridgehead atoms. The summed E-state index contributed by atoms with van der Waals surface area (Å²) in [4.78, 5) is 0. The van der Waals surface area contributed by atoms with Crippen LogP contribution in [0.4, 0.5) is 8.78 Å². The zero-order valence-electron chi connectivity index (χ0n) is 10.8. The highest BCUT2D eigenvalue weighted by Crippen LogP contribution is 2.32. The number of halogens is 2. The first-order chi connectivity index (χ1) is 9.70. The van der Waals surface area contributed by atoms with Gasteiger partial charge in [0.05, 0.1) is 19.9 Å². The molecule has 0 saturated heterocycles. The second kappa shape index (κ2) is 6.85. The van der Waals surface area contributed by atoms with Crippen LogP contribution in [0.5, 0.6) is 11.5 Å². The van der Waals surface area contributed by atoms with Gasteiger partial charge in [0.25, 0.3) is 0 Å². The van der Waals surface area contributed by atoms with E-state index in [1.807, 2.05) is 0 Å². The molecule has 5 nitrogen and oxygen atoms in total. The molecular weight excluding hydrogens is 270 g/mol. The van der Waals surface area contributed by atoms with Gasteiger partial charge in [-0.25, -0.2) is 0 Å². The summed E-state index contributed by atoms with van der Waals surface area (Å²) < 4.78 is 39.3. The Balaban J connectivity index is 2.05. The fraction of sp³-hybridized carbons (Fsp3) is 0.308. The largest absolute Gasteiger partial charge is 0.493 e. The van der Waals surface area contributed by atoms with Crippen LogP contribution in [-0.4, -0.2) is 18.9 Å². The highest BCUT2D eigenvalue weighted by atomic mass is 19.3. The van der Waals surface area contributed by atoms with E-state index in [1.165, 1.54) is 13.3 Å². The molecular formula is C13H14F2N2O3. The van der Waals surface area contributed by atoms with Crippen LogP contribution in [0.25, 0.3) is 0 Å². The van der Waals surface area contributed by atoms with E-state index >= 15 is 0 Å². The van der Waals surface area contributed by atoms with Crippen molar-refractivity contribution in [3.05, 3.63) is 41.8 Å². The normalized spacial score (nSPS) is 10.8. The summed E-state index contributed by atoms with van der Waals surface area (Å²) in [7, 11) is 1.40. The number of hydrogen-bond acceptors (Lipinski definition) is 5. The van der Waals surface area contributed by atoms with Crippen LogP contribution in [-0.2, 0) is 13.1 Å². The first-order valence-electron chi connectivity index (χ1n) is 5.91. The topological polar surface area (TPSA) is 56.5 Å². The smallest absolute Gasteiger partial charge is 0.387 e. The molecule has 0 saturated carbocycles. The van der Waals surface area contributed by atoms with Gasteiger partial charge in [-0.15, -0.1) is 0 Å². The molecule has 0 aliphatic rings. The molecule has 7 heteroatoms. The molecule has 108 valence electrons. The van der Waals surface area contributed by atoms with Gasteiger partial charge in [-0.05, 0) is 6.07 Å². The molecule has 0 amide bonds. The van der Waals surface area contributed by atoms with Gasteiger partial charge >= 0.3 is 6.61 Å². The van der Waals surface area contributed by atoms with Crippen molar-refractivity contribution in [3.63, 3.8) is 0 Å². The number of methoxy groups -OCH3 is 1. The number of aromatic nitrogens is 1. The minimum Gasteiger partial charge on any atom is -0.493 e. The van der Waals surface area contributed by atoms with E-state index in [0.717, 1.165) is 0 Å². The Hall–Kier alpha value is -2.15. The number of nitrogens with one attached hydrogen (secondary N) is 1. The fourth-order valence-corrected chi connectivity index (χ4v) is 1.74. The zero-order chi connectivity index (χ0) is 14.4. The van der Waals surface area contributed by atoms with E-state index in [2.05, 4.69) is 15.2 Å². The van der Waals surface area contributed by atoms with Gasteiger partial charge < -0.3 is 19.3 Å². The number of para-hydroxylation sites is 1. The maximum absolute atomic E-state index is 12.4. The Labute approximate surface area is 114 Å². The van der Waals surface area contributed by atoms with Crippen molar-refractivity contribution < 1.29 is 22.8 Å². The highest BCUT2D eigenvalue weighted by molar-refractivity contribution is 5.46. The molecule has 0 radical (unpaired) electrons. The summed E-state index contributed by atoms with van der Waals surface area (Å²) in [6.07, 6.45) is 1.54. The summed E-state index contributed by atoms with van der Waals surface area (Å²) in [5.41, 5.74) is 0.573. The minimum atomic E-state index is -2.90. The second-order valence-corrected chi connectivity index (χ2v) is 3.91. The number of alkyl halides is 2. The summed E-state index contributed by atoms with van der Waals surface area (Å²) in [5, 5.41) is 6.63. The van der Waals surface area contributed by atoms with E-state index in [0.29, 0.717) is 24.4 Å². The first kappa shape index (κ1) is 14.3. The summed E-state index contributed by atoms with van der Waals surface area (Å²) in [5.74, 6) is 0.962. The average Bonchev–Trinajstić information content (AvgIpc) is 2.93. The lowest BCUT2D eigenvalue weighted by atomic mass is 10.2. The Morgan fingerprint density at radius 2 is 2.15 bits per heavy atom. The van der Waals surface area contributed by atoms with Gasteiger partial charge in [-0.3, -0.25) is 0 Å². The number of hydrogen-bond donors (Lipinski definition) is 1. The first-order valence-corrected chi connectivity index (χ1v) is 5.91. The van der Waals surface area contributed by atoms with Crippen molar-refractivity contribution in [1.29, 1.82) is 0 Å². The maximum Gasteiger partial charge on any atom is 0.387 e. The molecule has 2 aromatic rings. The van der Waals surface area contributed by atoms with Crippen molar-refractivity contribution in [2.75, 3.05) is 7.11 Å². The van der Waals surface area contributed by atoms with Crippen LogP contribution < -0.4 is 14.8 Å². The third-order valence-electron chi connectivity index (χ3n) is 2.59. The summed E-state index contributed by atoms with van der Waals surface area (Å²) in [6, 6.07) is 6.68. The van der Waals surface area contributed by atoms with Crippen molar-refractivity contribution >= 4 is 0 Å². The lowest BCUT2D eigenvalue weighted by Crippen LogP contribution is -2.14. The molecule has 1 N–H and O–H groups in total. The summed E-state index contributed by atoms with van der Waals surface area (Å²) in [6.45, 7) is -2.13. The van der Waals surface area contributed by atoms with Gasteiger partial charge in [0.2, 0.25) is 0 Å². The minimum absolute atomic E-state index is 0.0371. The molecule has 0 atom stereocenters. The number of benzene rings is 1. The van der Waals surface area contributed by atoms with Crippen LogP contribution >= 0.6 is 0 Å². The quantitative estimate of drug-likeness (QED) is 0.847. The van der Waals surface area contributed by atoms with Crippen LogP contribution in [0.3, 0.4) is 0 Å². The number of rotatable bonds is 7. The lowest BCUT2D eigenvalue weighted by molar-refractivity contribution is -0.0518. The van der Waals surface area contributed by atoms with Gasteiger partial charge in [-0.2, -0.15) is 8.78 Å². The predicted molar refractivity (Wildman–Crippen MR) is 66.7 cm³/mol. The van der Waals surface area contributed by atoms with Crippen molar-refractivity contribution in [2.24, 2.45) is 0 Å². The van der Waals surface area contributed by atoms with Crippen LogP contribution in [0.2, 0.25) is 0 Å². The van der Waals surface area contributed by atoms with E-state index in [9.17, 15) is 8.78 Å². The SMILES string of the molecule is COc1cccc(CNCc2ccno2)c1OC(F)F. The molecule has 2 rings (SSSR count). The molecule has 0 aliphatic carbocycles.